The first-order valence-electron chi connectivity index (χ1n) is 7.28. The molecule has 0 bridgehead atoms. The van der Waals surface area contributed by atoms with Crippen molar-refractivity contribution >= 4 is 23.2 Å². The van der Waals surface area contributed by atoms with Gasteiger partial charge in [0.2, 0.25) is 5.91 Å². The van der Waals surface area contributed by atoms with Crippen LogP contribution in [0, 0.1) is 0 Å². The van der Waals surface area contributed by atoms with Gasteiger partial charge in [0.25, 0.3) is 0 Å². The minimum Gasteiger partial charge on any atom is -0.486 e. The van der Waals surface area contributed by atoms with E-state index in [1.807, 2.05) is 0 Å². The molecule has 1 amide bonds. The SMILES string of the molecule is NC1(C(=O)Nc2cc3c(cc2Cl)OCCO3)CCCCC1. The molecular formula is C15H19ClN2O3. The number of nitrogens with two attached hydrogens (primary N) is 1. The number of ether oxygens (including phenoxy) is 2. The molecule has 1 fully saturated rings. The van der Waals surface area contributed by atoms with E-state index in [0.717, 1.165) is 19.3 Å². The highest BCUT2D eigenvalue weighted by molar-refractivity contribution is 6.34. The molecule has 3 rings (SSSR count). The van der Waals surface area contributed by atoms with E-state index in [1.54, 1.807) is 12.1 Å². The largest absolute Gasteiger partial charge is 0.486 e. The summed E-state index contributed by atoms with van der Waals surface area (Å²) in [7, 11) is 0. The van der Waals surface area contributed by atoms with Gasteiger partial charge in [-0.1, -0.05) is 30.9 Å². The molecule has 1 aromatic rings. The van der Waals surface area contributed by atoms with Crippen LogP contribution in [0.3, 0.4) is 0 Å². The predicted octanol–water partition coefficient (Wildman–Crippen LogP) is 2.71. The summed E-state index contributed by atoms with van der Waals surface area (Å²) < 4.78 is 11.0. The van der Waals surface area contributed by atoms with Crippen molar-refractivity contribution in [1.29, 1.82) is 0 Å². The summed E-state index contributed by atoms with van der Waals surface area (Å²) in [5.41, 5.74) is 5.95. The second-order valence-corrected chi connectivity index (χ2v) is 6.05. The van der Waals surface area contributed by atoms with Gasteiger partial charge < -0.3 is 20.5 Å². The fraction of sp³-hybridized carbons (Fsp3) is 0.533. The summed E-state index contributed by atoms with van der Waals surface area (Å²) in [6, 6.07) is 3.36. The Bertz CT molecular complexity index is 556. The molecule has 21 heavy (non-hydrogen) atoms. The van der Waals surface area contributed by atoms with Crippen LogP contribution >= 0.6 is 11.6 Å². The highest BCUT2D eigenvalue weighted by Gasteiger charge is 2.35. The van der Waals surface area contributed by atoms with E-state index in [1.165, 1.54) is 0 Å². The summed E-state index contributed by atoms with van der Waals surface area (Å²) in [5, 5.41) is 3.26. The maximum absolute atomic E-state index is 12.4. The van der Waals surface area contributed by atoms with Crippen LogP contribution < -0.4 is 20.5 Å². The van der Waals surface area contributed by atoms with Crippen LogP contribution in [0.15, 0.2) is 12.1 Å². The Morgan fingerprint density at radius 2 is 1.76 bits per heavy atom. The molecule has 6 heteroatoms. The second-order valence-electron chi connectivity index (χ2n) is 5.65. The van der Waals surface area contributed by atoms with Crippen LogP contribution in [-0.4, -0.2) is 24.7 Å². The van der Waals surface area contributed by atoms with E-state index in [2.05, 4.69) is 5.32 Å². The molecule has 2 aliphatic rings. The average Bonchev–Trinajstić information content (AvgIpc) is 2.48. The van der Waals surface area contributed by atoms with Gasteiger partial charge in [-0.3, -0.25) is 4.79 Å². The number of carbonyl (C=O) groups is 1. The number of hydrogen-bond donors (Lipinski definition) is 2. The molecule has 1 heterocycles. The molecular weight excluding hydrogens is 292 g/mol. The third kappa shape index (κ3) is 2.94. The Balaban J connectivity index is 1.79. The molecule has 0 saturated heterocycles. The maximum Gasteiger partial charge on any atom is 0.244 e. The van der Waals surface area contributed by atoms with Crippen molar-refractivity contribution in [2.45, 2.75) is 37.6 Å². The van der Waals surface area contributed by atoms with Gasteiger partial charge in [-0.15, -0.1) is 0 Å². The maximum atomic E-state index is 12.4. The first kappa shape index (κ1) is 14.5. The van der Waals surface area contributed by atoms with Gasteiger partial charge in [0, 0.05) is 12.1 Å². The molecule has 114 valence electrons. The molecule has 0 unspecified atom stereocenters. The first-order valence-corrected chi connectivity index (χ1v) is 7.66. The van der Waals surface area contributed by atoms with Gasteiger partial charge in [-0.05, 0) is 12.8 Å². The summed E-state index contributed by atoms with van der Waals surface area (Å²) in [5.74, 6) is 1.01. The molecule has 0 spiro atoms. The summed E-state index contributed by atoms with van der Waals surface area (Å²) in [6.07, 6.45) is 4.52. The molecule has 3 N–H and O–H groups in total. The van der Waals surface area contributed by atoms with Crippen molar-refractivity contribution in [2.24, 2.45) is 5.73 Å². The van der Waals surface area contributed by atoms with Crippen molar-refractivity contribution in [3.05, 3.63) is 17.2 Å². The van der Waals surface area contributed by atoms with Crippen molar-refractivity contribution in [1.82, 2.24) is 0 Å². The smallest absolute Gasteiger partial charge is 0.244 e. The van der Waals surface area contributed by atoms with Crippen molar-refractivity contribution in [3.63, 3.8) is 0 Å². The number of nitrogens with one attached hydrogen (secondary N) is 1. The number of rotatable bonds is 2. The molecule has 0 radical (unpaired) electrons. The zero-order chi connectivity index (χ0) is 14.9. The van der Waals surface area contributed by atoms with Gasteiger partial charge in [-0.2, -0.15) is 0 Å². The molecule has 1 aliphatic carbocycles. The topological polar surface area (TPSA) is 73.6 Å². The first-order chi connectivity index (χ1) is 10.1. The van der Waals surface area contributed by atoms with Gasteiger partial charge >= 0.3 is 0 Å². The third-order valence-electron chi connectivity index (χ3n) is 4.08. The van der Waals surface area contributed by atoms with E-state index in [0.29, 0.717) is 48.3 Å². The molecule has 0 atom stereocenters. The van der Waals surface area contributed by atoms with Crippen LogP contribution in [0.1, 0.15) is 32.1 Å². The summed E-state index contributed by atoms with van der Waals surface area (Å²) in [6.45, 7) is 0.990. The highest BCUT2D eigenvalue weighted by Crippen LogP contribution is 2.38. The lowest BCUT2D eigenvalue weighted by atomic mass is 9.82. The number of halogens is 1. The van der Waals surface area contributed by atoms with E-state index in [-0.39, 0.29) is 5.91 Å². The van der Waals surface area contributed by atoms with Gasteiger partial charge in [-0.25, -0.2) is 0 Å². The normalized spacial score (nSPS) is 19.9. The molecule has 5 nitrogen and oxygen atoms in total. The van der Waals surface area contributed by atoms with Crippen molar-refractivity contribution in [2.75, 3.05) is 18.5 Å². The lowest BCUT2D eigenvalue weighted by Gasteiger charge is -2.32. The summed E-state index contributed by atoms with van der Waals surface area (Å²) in [4.78, 5) is 12.4. The molecule has 1 saturated carbocycles. The highest BCUT2D eigenvalue weighted by atomic mass is 35.5. The standard InChI is InChI=1S/C15H19ClN2O3/c16-10-8-12-13(21-7-6-20-12)9-11(10)18-14(19)15(17)4-2-1-3-5-15/h8-9H,1-7,17H2,(H,18,19). The number of hydrogen-bond acceptors (Lipinski definition) is 4. The quantitative estimate of drug-likeness (QED) is 0.881. The van der Waals surface area contributed by atoms with Gasteiger partial charge in [0.1, 0.15) is 13.2 Å². The lowest BCUT2D eigenvalue weighted by molar-refractivity contribution is -0.122. The minimum atomic E-state index is -0.797. The number of amides is 1. The van der Waals surface area contributed by atoms with E-state index < -0.39 is 5.54 Å². The molecule has 0 aromatic heterocycles. The van der Waals surface area contributed by atoms with Crippen LogP contribution in [0.4, 0.5) is 5.69 Å². The van der Waals surface area contributed by atoms with Crippen molar-refractivity contribution < 1.29 is 14.3 Å². The fourth-order valence-electron chi connectivity index (χ4n) is 2.82. The monoisotopic (exact) mass is 310 g/mol. The Hall–Kier alpha value is -1.46. The minimum absolute atomic E-state index is 0.180. The number of carbonyl (C=O) groups excluding carboxylic acids is 1. The number of fused-ring (bicyclic) bond motifs is 1. The molecule has 1 aromatic carbocycles. The van der Waals surface area contributed by atoms with Crippen LogP contribution in [-0.2, 0) is 4.79 Å². The van der Waals surface area contributed by atoms with E-state index in [9.17, 15) is 4.79 Å². The van der Waals surface area contributed by atoms with Gasteiger partial charge in [0.05, 0.1) is 16.2 Å². The Labute approximate surface area is 128 Å². The fourth-order valence-corrected chi connectivity index (χ4v) is 3.02. The lowest BCUT2D eigenvalue weighted by Crippen LogP contribution is -2.52. The zero-order valence-corrected chi connectivity index (χ0v) is 12.5. The van der Waals surface area contributed by atoms with E-state index in [4.69, 9.17) is 26.8 Å². The average molecular weight is 311 g/mol. The number of benzene rings is 1. The van der Waals surface area contributed by atoms with E-state index >= 15 is 0 Å². The third-order valence-corrected chi connectivity index (χ3v) is 4.39. The Kier molecular flexibility index (Phi) is 3.95. The van der Waals surface area contributed by atoms with Crippen LogP contribution in [0.2, 0.25) is 5.02 Å². The number of anilines is 1. The Morgan fingerprint density at radius 3 is 2.43 bits per heavy atom. The van der Waals surface area contributed by atoms with Gasteiger partial charge in [0.15, 0.2) is 11.5 Å². The zero-order valence-electron chi connectivity index (χ0n) is 11.8. The molecule has 1 aliphatic heterocycles. The predicted molar refractivity (Wildman–Crippen MR) is 81.1 cm³/mol. The Morgan fingerprint density at radius 1 is 1.14 bits per heavy atom. The second kappa shape index (κ2) is 5.73. The van der Waals surface area contributed by atoms with Crippen LogP contribution in [0.25, 0.3) is 0 Å². The van der Waals surface area contributed by atoms with Crippen molar-refractivity contribution in [3.8, 4) is 11.5 Å². The van der Waals surface area contributed by atoms with Crippen LogP contribution in [0.5, 0.6) is 11.5 Å². The summed E-state index contributed by atoms with van der Waals surface area (Å²) >= 11 is 6.20.